The largest absolute Gasteiger partial charge is 0.496 e. The van der Waals surface area contributed by atoms with Gasteiger partial charge in [-0.15, -0.1) is 0 Å². The van der Waals surface area contributed by atoms with E-state index in [1.807, 2.05) is 0 Å². The molecule has 0 saturated carbocycles. The van der Waals surface area contributed by atoms with Crippen LogP contribution in [-0.2, 0) is 9.59 Å². The number of hydrogen-bond donors (Lipinski definition) is 4. The summed E-state index contributed by atoms with van der Waals surface area (Å²) in [5.74, 6) is -0.614. The predicted molar refractivity (Wildman–Crippen MR) is 130 cm³/mol. The first-order valence-electron chi connectivity index (χ1n) is 11.4. The number of amides is 4. The second-order valence-corrected chi connectivity index (χ2v) is 7.67. The highest BCUT2D eigenvalue weighted by atomic mass is 16.5. The second-order valence-electron chi connectivity index (χ2n) is 7.67. The van der Waals surface area contributed by atoms with E-state index in [-0.39, 0.29) is 24.7 Å². The summed E-state index contributed by atoms with van der Waals surface area (Å²) in [6.45, 7) is 0. The van der Waals surface area contributed by atoms with Crippen molar-refractivity contribution in [3.05, 3.63) is 59.7 Å². The van der Waals surface area contributed by atoms with Crippen LogP contribution < -0.4 is 31.2 Å². The molecule has 10 nitrogen and oxygen atoms in total. The van der Waals surface area contributed by atoms with Crippen molar-refractivity contribution in [3.63, 3.8) is 0 Å². The van der Waals surface area contributed by atoms with Crippen LogP contribution in [0.4, 0.5) is 0 Å². The predicted octanol–water partition coefficient (Wildman–Crippen LogP) is 2.66. The number of carbonyl (C=O) groups is 4. The number of hydrazine groups is 2. The Hall–Kier alpha value is -4.08. The third kappa shape index (κ3) is 9.36. The van der Waals surface area contributed by atoms with Gasteiger partial charge in [-0.1, -0.05) is 43.5 Å². The molecule has 188 valence electrons. The number of nitrogens with one attached hydrogen (secondary N) is 4. The number of unbranched alkanes of at least 4 members (excludes halogenated alkanes) is 4. The first kappa shape index (κ1) is 27.2. The zero-order valence-corrected chi connectivity index (χ0v) is 20.0. The molecule has 0 saturated heterocycles. The van der Waals surface area contributed by atoms with Gasteiger partial charge in [-0.2, -0.15) is 0 Å². The number of benzene rings is 2. The van der Waals surface area contributed by atoms with Crippen LogP contribution in [0.3, 0.4) is 0 Å². The molecule has 35 heavy (non-hydrogen) atoms. The van der Waals surface area contributed by atoms with Gasteiger partial charge in [0.15, 0.2) is 0 Å². The van der Waals surface area contributed by atoms with Gasteiger partial charge in [0.25, 0.3) is 11.8 Å². The van der Waals surface area contributed by atoms with Gasteiger partial charge in [-0.3, -0.25) is 40.9 Å². The van der Waals surface area contributed by atoms with E-state index in [0.29, 0.717) is 35.5 Å². The van der Waals surface area contributed by atoms with Gasteiger partial charge in [0.2, 0.25) is 11.8 Å². The van der Waals surface area contributed by atoms with E-state index in [9.17, 15) is 19.2 Å². The average Bonchev–Trinajstić information content (AvgIpc) is 2.89. The molecule has 0 aromatic heterocycles. The van der Waals surface area contributed by atoms with Crippen molar-refractivity contribution in [2.24, 2.45) is 0 Å². The van der Waals surface area contributed by atoms with Crippen molar-refractivity contribution in [2.75, 3.05) is 14.2 Å². The molecular weight excluding hydrogens is 452 g/mol. The SMILES string of the molecule is COc1ccccc1C(=O)NNC(=O)CCCCCCCC(=O)NNC(=O)c1ccccc1OC. The first-order chi connectivity index (χ1) is 17.0. The minimum atomic E-state index is -0.451. The van der Waals surface area contributed by atoms with Gasteiger partial charge in [0, 0.05) is 12.8 Å². The van der Waals surface area contributed by atoms with Crippen molar-refractivity contribution in [1.29, 1.82) is 0 Å². The molecule has 0 unspecified atom stereocenters. The molecule has 0 aliphatic heterocycles. The molecule has 0 spiro atoms. The maximum absolute atomic E-state index is 12.1. The highest BCUT2D eigenvalue weighted by Crippen LogP contribution is 2.17. The van der Waals surface area contributed by atoms with Crippen molar-refractivity contribution >= 4 is 23.6 Å². The topological polar surface area (TPSA) is 135 Å². The van der Waals surface area contributed by atoms with E-state index in [4.69, 9.17) is 9.47 Å². The summed E-state index contributed by atoms with van der Waals surface area (Å²) in [6, 6.07) is 13.5. The van der Waals surface area contributed by atoms with Crippen LogP contribution in [0.25, 0.3) is 0 Å². The van der Waals surface area contributed by atoms with Gasteiger partial charge in [-0.25, -0.2) is 0 Å². The van der Waals surface area contributed by atoms with E-state index >= 15 is 0 Å². The van der Waals surface area contributed by atoms with Crippen LogP contribution in [0.2, 0.25) is 0 Å². The molecule has 2 aromatic rings. The van der Waals surface area contributed by atoms with E-state index in [1.54, 1.807) is 48.5 Å². The van der Waals surface area contributed by atoms with Crippen LogP contribution in [0.15, 0.2) is 48.5 Å². The summed E-state index contributed by atoms with van der Waals surface area (Å²) >= 11 is 0. The molecule has 0 aliphatic rings. The normalized spacial score (nSPS) is 10.1. The Labute approximate surface area is 204 Å². The van der Waals surface area contributed by atoms with Crippen molar-refractivity contribution in [2.45, 2.75) is 44.9 Å². The maximum atomic E-state index is 12.1. The van der Waals surface area contributed by atoms with E-state index in [0.717, 1.165) is 19.3 Å². The molecule has 4 N–H and O–H groups in total. The molecule has 10 heteroatoms. The van der Waals surface area contributed by atoms with Crippen molar-refractivity contribution in [1.82, 2.24) is 21.7 Å². The second kappa shape index (κ2) is 14.9. The lowest BCUT2D eigenvalue weighted by molar-refractivity contribution is -0.122. The third-order valence-electron chi connectivity index (χ3n) is 5.14. The van der Waals surface area contributed by atoms with Crippen LogP contribution >= 0.6 is 0 Å². The van der Waals surface area contributed by atoms with E-state index in [2.05, 4.69) is 21.7 Å². The molecular formula is C25H32N4O6. The number of carbonyl (C=O) groups excluding carboxylic acids is 4. The Bertz CT molecular complexity index is 931. The molecule has 0 fully saturated rings. The zero-order chi connectivity index (χ0) is 25.5. The number of para-hydroxylation sites is 2. The fraction of sp³-hybridized carbons (Fsp3) is 0.360. The minimum absolute atomic E-state index is 0.279. The van der Waals surface area contributed by atoms with Gasteiger partial charge < -0.3 is 9.47 Å². The average molecular weight is 485 g/mol. The van der Waals surface area contributed by atoms with Gasteiger partial charge in [-0.05, 0) is 37.1 Å². The highest BCUT2D eigenvalue weighted by molar-refractivity contribution is 5.98. The van der Waals surface area contributed by atoms with Crippen LogP contribution in [0, 0.1) is 0 Å². The molecule has 0 aliphatic carbocycles. The van der Waals surface area contributed by atoms with Gasteiger partial charge in [0.05, 0.1) is 25.3 Å². The lowest BCUT2D eigenvalue weighted by Crippen LogP contribution is -2.41. The Morgan fingerprint density at radius 3 is 1.34 bits per heavy atom. The number of ether oxygens (including phenoxy) is 2. The maximum Gasteiger partial charge on any atom is 0.273 e. The van der Waals surface area contributed by atoms with Gasteiger partial charge >= 0.3 is 0 Å². The Morgan fingerprint density at radius 1 is 0.571 bits per heavy atom. The fourth-order valence-corrected chi connectivity index (χ4v) is 3.28. The minimum Gasteiger partial charge on any atom is -0.496 e. The van der Waals surface area contributed by atoms with Crippen LogP contribution in [-0.4, -0.2) is 37.8 Å². The Kier molecular flexibility index (Phi) is 11.6. The number of rotatable bonds is 12. The highest BCUT2D eigenvalue weighted by Gasteiger charge is 2.13. The molecule has 4 amide bonds. The van der Waals surface area contributed by atoms with E-state index < -0.39 is 11.8 Å². The number of methoxy groups -OCH3 is 2. The molecule has 0 atom stereocenters. The van der Waals surface area contributed by atoms with Crippen molar-refractivity contribution in [3.8, 4) is 11.5 Å². The molecule has 2 aromatic carbocycles. The summed E-state index contributed by atoms with van der Waals surface area (Å²) in [4.78, 5) is 48.2. The smallest absolute Gasteiger partial charge is 0.273 e. The van der Waals surface area contributed by atoms with Crippen LogP contribution in [0.5, 0.6) is 11.5 Å². The standard InChI is InChI=1S/C25H32N4O6/c1-34-20-14-10-8-12-18(20)24(32)28-26-22(30)16-6-4-3-5-7-17-23(31)27-29-25(33)19-13-9-11-15-21(19)35-2/h8-15H,3-7,16-17H2,1-2H3,(H,26,30)(H,27,31)(H,28,32)(H,29,33). The monoisotopic (exact) mass is 484 g/mol. The molecule has 2 rings (SSSR count). The Balaban J connectivity index is 1.52. The summed E-state index contributed by atoms with van der Waals surface area (Å²) in [5.41, 5.74) is 10.2. The Morgan fingerprint density at radius 2 is 0.943 bits per heavy atom. The summed E-state index contributed by atoms with van der Waals surface area (Å²) in [6.07, 6.45) is 4.39. The van der Waals surface area contributed by atoms with Crippen LogP contribution in [0.1, 0.15) is 65.7 Å². The summed E-state index contributed by atoms with van der Waals surface area (Å²) in [5, 5.41) is 0. The molecule has 0 radical (unpaired) electrons. The summed E-state index contributed by atoms with van der Waals surface area (Å²) in [7, 11) is 2.94. The first-order valence-corrected chi connectivity index (χ1v) is 11.4. The van der Waals surface area contributed by atoms with E-state index in [1.165, 1.54) is 14.2 Å². The lowest BCUT2D eigenvalue weighted by atomic mass is 10.1. The lowest BCUT2D eigenvalue weighted by Gasteiger charge is -2.10. The summed E-state index contributed by atoms with van der Waals surface area (Å²) < 4.78 is 10.3. The number of hydrogen-bond acceptors (Lipinski definition) is 6. The zero-order valence-electron chi connectivity index (χ0n) is 20.0. The quantitative estimate of drug-likeness (QED) is 0.270. The molecule has 0 bridgehead atoms. The molecule has 0 heterocycles. The van der Waals surface area contributed by atoms with Gasteiger partial charge in [0.1, 0.15) is 11.5 Å². The van der Waals surface area contributed by atoms with Crippen molar-refractivity contribution < 1.29 is 28.7 Å². The fourth-order valence-electron chi connectivity index (χ4n) is 3.28. The third-order valence-corrected chi connectivity index (χ3v) is 5.14.